The van der Waals surface area contributed by atoms with Gasteiger partial charge in [-0.15, -0.1) is 0 Å². The molecule has 0 aromatic heterocycles. The first-order chi connectivity index (χ1) is 17.4. The summed E-state index contributed by atoms with van der Waals surface area (Å²) in [5.41, 5.74) is 23.7. The number of guanidine groups is 4. The molecule has 0 rings (SSSR count). The molecule has 10 nitrogen and oxygen atoms in total. The number of nitrogens with two attached hydrogens (primary N) is 4. The molecular weight excluding hydrogens is 452 g/mol. The fourth-order valence-electron chi connectivity index (χ4n) is 3.69. The number of unbranched alkanes of at least 4 members (excludes halogenated alkanes) is 5. The van der Waals surface area contributed by atoms with Crippen LogP contribution in [0.2, 0.25) is 0 Å². The van der Waals surface area contributed by atoms with Crippen molar-refractivity contribution in [3.8, 4) is 0 Å². The van der Waals surface area contributed by atoms with Crippen LogP contribution in [-0.2, 0) is 0 Å². The second-order valence-corrected chi connectivity index (χ2v) is 9.48. The van der Waals surface area contributed by atoms with Crippen LogP contribution in [0, 0.1) is 11.8 Å². The van der Waals surface area contributed by atoms with Gasteiger partial charge in [0.15, 0.2) is 23.8 Å². The minimum Gasteiger partial charge on any atom is -0.370 e. The summed E-state index contributed by atoms with van der Waals surface area (Å²) in [6.07, 6.45) is 13.4. The van der Waals surface area contributed by atoms with E-state index in [4.69, 9.17) is 22.9 Å². The van der Waals surface area contributed by atoms with Gasteiger partial charge in [0, 0.05) is 26.2 Å². The summed E-state index contributed by atoms with van der Waals surface area (Å²) < 4.78 is 0. The van der Waals surface area contributed by atoms with Crippen molar-refractivity contribution in [2.45, 2.75) is 105 Å². The van der Waals surface area contributed by atoms with E-state index in [1.807, 2.05) is 0 Å². The minimum absolute atomic E-state index is 0.316. The molecule has 0 aliphatic rings. The molecule has 0 bridgehead atoms. The second-order valence-electron chi connectivity index (χ2n) is 9.48. The van der Waals surface area contributed by atoms with E-state index < -0.39 is 0 Å². The molecule has 10 heteroatoms. The lowest BCUT2D eigenvalue weighted by atomic mass is 10.00. The van der Waals surface area contributed by atoms with Gasteiger partial charge in [-0.1, -0.05) is 79.1 Å². The maximum absolute atomic E-state index is 5.93. The smallest absolute Gasteiger partial charge is 0.195 e. The van der Waals surface area contributed by atoms with E-state index >= 15 is 0 Å². The monoisotopic (exact) mass is 508 g/mol. The third kappa shape index (κ3) is 19.8. The first kappa shape index (κ1) is 33.5. The Hall–Kier alpha value is -2.52. The van der Waals surface area contributed by atoms with Crippen molar-refractivity contribution in [3.63, 3.8) is 0 Å². The van der Waals surface area contributed by atoms with Crippen molar-refractivity contribution < 1.29 is 0 Å². The summed E-state index contributed by atoms with van der Waals surface area (Å²) in [7, 11) is 0. The van der Waals surface area contributed by atoms with Gasteiger partial charge in [0.2, 0.25) is 0 Å². The van der Waals surface area contributed by atoms with Gasteiger partial charge >= 0.3 is 0 Å². The van der Waals surface area contributed by atoms with Crippen LogP contribution in [-0.4, -0.2) is 50.0 Å². The highest BCUT2D eigenvalue weighted by atomic mass is 15.2. The first-order valence-electron chi connectivity index (χ1n) is 14.1. The fraction of sp³-hybridized carbons (Fsp3) is 0.846. The Morgan fingerprint density at radius 1 is 0.528 bits per heavy atom. The molecule has 1 unspecified atom stereocenters. The summed E-state index contributed by atoms with van der Waals surface area (Å²) in [5.74, 6) is 2.44. The van der Waals surface area contributed by atoms with E-state index in [0.717, 1.165) is 51.6 Å². The predicted molar refractivity (Wildman–Crippen MR) is 157 cm³/mol. The Morgan fingerprint density at radius 3 is 1.22 bits per heavy atom. The van der Waals surface area contributed by atoms with Crippen LogP contribution < -0.4 is 33.6 Å². The number of aliphatic imine (C=N–C) groups is 4. The lowest BCUT2D eigenvalue weighted by Crippen LogP contribution is -2.42. The van der Waals surface area contributed by atoms with E-state index in [0.29, 0.717) is 48.8 Å². The Morgan fingerprint density at radius 2 is 0.889 bits per heavy atom. The van der Waals surface area contributed by atoms with Crippen LogP contribution in [0.4, 0.5) is 0 Å². The van der Waals surface area contributed by atoms with Gasteiger partial charge in [0.25, 0.3) is 0 Å². The molecule has 0 aromatic carbocycles. The molecule has 0 saturated carbocycles. The lowest BCUT2D eigenvalue weighted by molar-refractivity contribution is 0.462. The number of hydrogen-bond acceptors (Lipinski definition) is 4. The van der Waals surface area contributed by atoms with Crippen molar-refractivity contribution in [2.75, 3.05) is 26.2 Å². The summed E-state index contributed by atoms with van der Waals surface area (Å²) >= 11 is 0. The molecule has 2 atom stereocenters. The van der Waals surface area contributed by atoms with Gasteiger partial charge in [-0.05, 0) is 37.5 Å². The normalized spacial score (nSPS) is 15.1. The van der Waals surface area contributed by atoms with Crippen LogP contribution in [0.1, 0.15) is 105 Å². The van der Waals surface area contributed by atoms with Gasteiger partial charge in [0.05, 0.1) is 0 Å². The predicted octanol–water partition coefficient (Wildman–Crippen LogP) is 3.42. The molecule has 0 aromatic rings. The molecule has 210 valence electrons. The zero-order valence-electron chi connectivity index (χ0n) is 23.6. The van der Waals surface area contributed by atoms with Crippen LogP contribution in [0.5, 0.6) is 0 Å². The third-order valence-electron chi connectivity index (χ3n) is 6.27. The van der Waals surface area contributed by atoms with E-state index in [2.05, 4.69) is 58.3 Å². The van der Waals surface area contributed by atoms with Gasteiger partial charge < -0.3 is 22.9 Å². The largest absolute Gasteiger partial charge is 0.370 e. The number of nitrogens with one attached hydrogen (secondary N) is 2. The van der Waals surface area contributed by atoms with Crippen LogP contribution in [0.3, 0.4) is 0 Å². The lowest BCUT2D eigenvalue weighted by Gasteiger charge is -2.12. The molecule has 36 heavy (non-hydrogen) atoms. The van der Waals surface area contributed by atoms with E-state index in [1.165, 1.54) is 38.5 Å². The molecule has 10 N–H and O–H groups in total. The van der Waals surface area contributed by atoms with Crippen LogP contribution >= 0.6 is 0 Å². The zero-order chi connectivity index (χ0) is 27.0. The summed E-state index contributed by atoms with van der Waals surface area (Å²) in [6.45, 7) is 11.5. The van der Waals surface area contributed by atoms with Crippen LogP contribution in [0.15, 0.2) is 20.0 Å². The summed E-state index contributed by atoms with van der Waals surface area (Å²) in [4.78, 5) is 17.5. The summed E-state index contributed by atoms with van der Waals surface area (Å²) in [6, 6.07) is 0. The molecule has 0 fully saturated rings. The molecule has 0 aliphatic carbocycles. The molecule has 0 amide bonds. The highest BCUT2D eigenvalue weighted by molar-refractivity contribution is 5.97. The topological polar surface area (TPSA) is 178 Å². The Balaban J connectivity index is 4.05. The van der Waals surface area contributed by atoms with Crippen molar-refractivity contribution >= 4 is 23.8 Å². The summed E-state index contributed by atoms with van der Waals surface area (Å²) in [5, 5.41) is 5.76. The SMILES string of the molecule is CCCCC(CC)CN=C(N)NC(N)=NCCCCCCN=C(N)NC(N)=NC[C@H](CC)CCCC. The molecule has 0 saturated heterocycles. The molecular formula is C26H56N10. The fourth-order valence-corrected chi connectivity index (χ4v) is 3.69. The van der Waals surface area contributed by atoms with Gasteiger partial charge in [-0.3, -0.25) is 30.6 Å². The number of nitrogens with zero attached hydrogens (tertiary/aromatic N) is 4. The maximum Gasteiger partial charge on any atom is 0.195 e. The minimum atomic E-state index is 0.316. The Labute approximate surface area is 220 Å². The Kier molecular flexibility index (Phi) is 21.3. The average molecular weight is 509 g/mol. The standard InChI is InChI=1S/C26H56N10/c1-5-9-15-21(7-3)19-33-25(29)35-23(27)31-17-13-11-12-14-18-32-24(28)36-26(30)34-20-22(8-4)16-10-6-2/h21-22H,5-20H2,1-4H3,(H5,27,29,31,33,35)(H5,28,30,32,34,36)/t21-,22?/m1/s1. The zero-order valence-corrected chi connectivity index (χ0v) is 23.6. The van der Waals surface area contributed by atoms with Gasteiger partial charge in [-0.2, -0.15) is 0 Å². The van der Waals surface area contributed by atoms with Crippen molar-refractivity contribution in [2.24, 2.45) is 54.7 Å². The molecule has 0 spiro atoms. The van der Waals surface area contributed by atoms with Gasteiger partial charge in [0.1, 0.15) is 0 Å². The number of rotatable bonds is 19. The van der Waals surface area contributed by atoms with Crippen molar-refractivity contribution in [1.82, 2.24) is 10.6 Å². The quantitative estimate of drug-likeness (QED) is 0.0884. The molecule has 0 heterocycles. The molecule has 0 radical (unpaired) electrons. The van der Waals surface area contributed by atoms with E-state index in [9.17, 15) is 0 Å². The molecule has 0 aliphatic heterocycles. The van der Waals surface area contributed by atoms with Crippen LogP contribution in [0.25, 0.3) is 0 Å². The van der Waals surface area contributed by atoms with Crippen molar-refractivity contribution in [1.29, 1.82) is 0 Å². The first-order valence-corrected chi connectivity index (χ1v) is 14.1. The maximum atomic E-state index is 5.93. The second kappa shape index (κ2) is 22.9. The van der Waals surface area contributed by atoms with E-state index in [-0.39, 0.29) is 0 Å². The highest BCUT2D eigenvalue weighted by Gasteiger charge is 2.06. The Bertz CT molecular complexity index is 601. The highest BCUT2D eigenvalue weighted by Crippen LogP contribution is 2.13. The third-order valence-corrected chi connectivity index (χ3v) is 6.27. The average Bonchev–Trinajstić information content (AvgIpc) is 2.85. The van der Waals surface area contributed by atoms with Crippen molar-refractivity contribution in [3.05, 3.63) is 0 Å². The van der Waals surface area contributed by atoms with Gasteiger partial charge in [-0.25, -0.2) is 0 Å². The number of hydrogen-bond donors (Lipinski definition) is 6. The van der Waals surface area contributed by atoms with E-state index in [1.54, 1.807) is 0 Å².